The molecular weight excluding hydrogens is 198 g/mol. The van der Waals surface area contributed by atoms with Crippen molar-refractivity contribution in [3.8, 4) is 0 Å². The monoisotopic (exact) mass is 207 g/mol. The molecule has 0 spiro atoms. The first-order valence-electron chi connectivity index (χ1n) is 4.16. The number of carbonyl (C=O) groups excluding carboxylic acids is 1. The highest BCUT2D eigenvalue weighted by Crippen LogP contribution is 2.24. The lowest BCUT2D eigenvalue weighted by molar-refractivity contribution is 0.0606. The minimum absolute atomic E-state index is 0.300. The molecule has 14 heavy (non-hydrogen) atoms. The van der Waals surface area contributed by atoms with E-state index in [0.29, 0.717) is 4.88 Å². The summed E-state index contributed by atoms with van der Waals surface area (Å²) in [6.45, 7) is 1.93. The van der Waals surface area contributed by atoms with Gasteiger partial charge in [0, 0.05) is 11.1 Å². The van der Waals surface area contributed by atoms with Gasteiger partial charge in [0.05, 0.1) is 7.11 Å². The van der Waals surface area contributed by atoms with E-state index >= 15 is 0 Å². The Morgan fingerprint density at radius 2 is 2.29 bits per heavy atom. The van der Waals surface area contributed by atoms with Gasteiger partial charge in [-0.3, -0.25) is 0 Å². The Morgan fingerprint density at radius 1 is 1.50 bits per heavy atom. The molecule has 4 heteroatoms. The summed E-state index contributed by atoms with van der Waals surface area (Å²) in [4.78, 5) is 17.0. The van der Waals surface area contributed by atoms with Gasteiger partial charge in [0.15, 0.2) is 0 Å². The average Bonchev–Trinajstić information content (AvgIpc) is 2.59. The smallest absolute Gasteiger partial charge is 0.348 e. The maximum absolute atomic E-state index is 11.2. The lowest BCUT2D eigenvalue weighted by Gasteiger charge is -1.90. The fourth-order valence-corrected chi connectivity index (χ4v) is 2.21. The predicted octanol–water partition coefficient (Wildman–Crippen LogP) is 2.39. The summed E-state index contributed by atoms with van der Waals surface area (Å²) in [6, 6.07) is 5.69. The van der Waals surface area contributed by atoms with Crippen molar-refractivity contribution in [2.45, 2.75) is 6.92 Å². The quantitative estimate of drug-likeness (QED) is 0.674. The number of aromatic nitrogens is 1. The van der Waals surface area contributed by atoms with Crippen molar-refractivity contribution in [3.05, 3.63) is 28.8 Å². The largest absolute Gasteiger partial charge is 0.465 e. The number of aryl methyl sites for hydroxylation is 1. The zero-order chi connectivity index (χ0) is 10.1. The van der Waals surface area contributed by atoms with Crippen molar-refractivity contribution in [1.82, 2.24) is 4.98 Å². The number of carbonyl (C=O) groups is 1. The Kier molecular flexibility index (Phi) is 2.21. The molecule has 72 valence electrons. The first-order chi connectivity index (χ1) is 6.70. The van der Waals surface area contributed by atoms with Crippen LogP contribution in [0.3, 0.4) is 0 Å². The summed E-state index contributed by atoms with van der Waals surface area (Å²) in [6.07, 6.45) is 0. The van der Waals surface area contributed by atoms with Crippen molar-refractivity contribution >= 4 is 27.5 Å². The number of hydrogen-bond acceptors (Lipinski definition) is 4. The molecule has 3 nitrogen and oxygen atoms in total. The van der Waals surface area contributed by atoms with E-state index in [1.54, 1.807) is 6.07 Å². The molecule has 0 saturated carbocycles. The number of ether oxygens (including phenoxy) is 1. The number of thiophene rings is 1. The van der Waals surface area contributed by atoms with Crippen molar-refractivity contribution in [3.63, 3.8) is 0 Å². The third-order valence-corrected chi connectivity index (χ3v) is 2.93. The van der Waals surface area contributed by atoms with Gasteiger partial charge >= 0.3 is 5.97 Å². The van der Waals surface area contributed by atoms with Crippen LogP contribution in [0.5, 0.6) is 0 Å². The molecule has 0 aliphatic heterocycles. The van der Waals surface area contributed by atoms with Crippen LogP contribution in [0.2, 0.25) is 0 Å². The van der Waals surface area contributed by atoms with Crippen LogP contribution in [-0.4, -0.2) is 18.1 Å². The second-order valence-corrected chi connectivity index (χ2v) is 3.98. The van der Waals surface area contributed by atoms with Crippen LogP contribution in [0.4, 0.5) is 0 Å². The zero-order valence-corrected chi connectivity index (χ0v) is 8.72. The molecule has 0 N–H and O–H groups in total. The lowest BCUT2D eigenvalue weighted by atomic mass is 10.3. The normalized spacial score (nSPS) is 10.4. The molecule has 0 aromatic carbocycles. The molecule has 0 fully saturated rings. The highest BCUT2D eigenvalue weighted by molar-refractivity contribution is 7.20. The van der Waals surface area contributed by atoms with Gasteiger partial charge < -0.3 is 4.74 Å². The minimum atomic E-state index is -0.300. The Balaban J connectivity index is 2.56. The maximum atomic E-state index is 11.2. The van der Waals surface area contributed by atoms with Gasteiger partial charge in [-0.25, -0.2) is 9.78 Å². The van der Waals surface area contributed by atoms with Crippen LogP contribution >= 0.6 is 11.3 Å². The molecule has 0 saturated heterocycles. The molecule has 0 aliphatic rings. The van der Waals surface area contributed by atoms with Crippen molar-refractivity contribution < 1.29 is 9.53 Å². The molecule has 0 amide bonds. The Labute approximate surface area is 85.3 Å². The number of pyridine rings is 1. The fourth-order valence-electron chi connectivity index (χ4n) is 1.21. The van der Waals surface area contributed by atoms with E-state index in [9.17, 15) is 4.79 Å². The SMILES string of the molecule is COC(=O)c1cc2ccc(C)nc2s1. The van der Waals surface area contributed by atoms with Gasteiger partial charge in [-0.05, 0) is 19.1 Å². The Hall–Kier alpha value is -1.42. The average molecular weight is 207 g/mol. The van der Waals surface area contributed by atoms with Gasteiger partial charge in [-0.15, -0.1) is 11.3 Å². The molecule has 2 heterocycles. The molecule has 0 aliphatic carbocycles. The number of nitrogens with zero attached hydrogens (tertiary/aromatic N) is 1. The van der Waals surface area contributed by atoms with Gasteiger partial charge in [-0.2, -0.15) is 0 Å². The van der Waals surface area contributed by atoms with E-state index in [1.165, 1.54) is 18.4 Å². The van der Waals surface area contributed by atoms with E-state index < -0.39 is 0 Å². The van der Waals surface area contributed by atoms with Crippen molar-refractivity contribution in [1.29, 1.82) is 0 Å². The van der Waals surface area contributed by atoms with Crippen LogP contribution in [0.25, 0.3) is 10.2 Å². The molecule has 0 radical (unpaired) electrons. The second kappa shape index (κ2) is 3.38. The van der Waals surface area contributed by atoms with E-state index in [2.05, 4.69) is 9.72 Å². The van der Waals surface area contributed by atoms with Gasteiger partial charge in [-0.1, -0.05) is 6.07 Å². The summed E-state index contributed by atoms with van der Waals surface area (Å²) in [5, 5.41) is 0.987. The van der Waals surface area contributed by atoms with Gasteiger partial charge in [0.25, 0.3) is 0 Å². The van der Waals surface area contributed by atoms with Crippen LogP contribution in [0, 0.1) is 6.92 Å². The Bertz CT molecular complexity index is 490. The van der Waals surface area contributed by atoms with Crippen LogP contribution in [0.15, 0.2) is 18.2 Å². The van der Waals surface area contributed by atoms with E-state index in [-0.39, 0.29) is 5.97 Å². The number of rotatable bonds is 1. The molecule has 2 aromatic heterocycles. The standard InChI is InChI=1S/C10H9NO2S/c1-6-3-4-7-5-8(10(12)13-2)14-9(7)11-6/h3-5H,1-2H3. The number of hydrogen-bond donors (Lipinski definition) is 0. The van der Waals surface area contributed by atoms with Crippen LogP contribution in [-0.2, 0) is 4.74 Å². The third-order valence-electron chi connectivity index (χ3n) is 1.91. The molecule has 0 atom stereocenters. The summed E-state index contributed by atoms with van der Waals surface area (Å²) >= 11 is 1.36. The Morgan fingerprint density at radius 3 is 3.00 bits per heavy atom. The summed E-state index contributed by atoms with van der Waals surface area (Å²) in [5.74, 6) is -0.300. The number of methoxy groups -OCH3 is 1. The van der Waals surface area contributed by atoms with E-state index in [0.717, 1.165) is 15.9 Å². The van der Waals surface area contributed by atoms with Crippen molar-refractivity contribution in [2.24, 2.45) is 0 Å². The highest BCUT2D eigenvalue weighted by Gasteiger charge is 2.10. The third kappa shape index (κ3) is 1.48. The molecule has 0 bridgehead atoms. The number of esters is 1. The van der Waals surface area contributed by atoms with Crippen molar-refractivity contribution in [2.75, 3.05) is 7.11 Å². The summed E-state index contributed by atoms with van der Waals surface area (Å²) in [5.41, 5.74) is 0.954. The molecule has 2 aromatic rings. The maximum Gasteiger partial charge on any atom is 0.348 e. The first-order valence-corrected chi connectivity index (χ1v) is 4.98. The van der Waals surface area contributed by atoms with Crippen LogP contribution in [0.1, 0.15) is 15.4 Å². The van der Waals surface area contributed by atoms with E-state index in [4.69, 9.17) is 0 Å². The zero-order valence-electron chi connectivity index (χ0n) is 7.90. The second-order valence-electron chi connectivity index (χ2n) is 2.95. The number of fused-ring (bicyclic) bond motifs is 1. The predicted molar refractivity (Wildman–Crippen MR) is 55.7 cm³/mol. The molecule has 0 unspecified atom stereocenters. The summed E-state index contributed by atoms with van der Waals surface area (Å²) in [7, 11) is 1.38. The van der Waals surface area contributed by atoms with Gasteiger partial charge in [0.2, 0.25) is 0 Å². The fraction of sp³-hybridized carbons (Fsp3) is 0.200. The first kappa shape index (κ1) is 9.15. The highest BCUT2D eigenvalue weighted by atomic mass is 32.1. The van der Waals surface area contributed by atoms with E-state index in [1.807, 2.05) is 19.1 Å². The molecular formula is C10H9NO2S. The lowest BCUT2D eigenvalue weighted by Crippen LogP contribution is -1.96. The summed E-state index contributed by atoms with van der Waals surface area (Å²) < 4.78 is 4.64. The topological polar surface area (TPSA) is 39.2 Å². The minimum Gasteiger partial charge on any atom is -0.465 e. The van der Waals surface area contributed by atoms with Gasteiger partial charge in [0.1, 0.15) is 9.71 Å². The van der Waals surface area contributed by atoms with Crippen LogP contribution < -0.4 is 0 Å². The molecule has 2 rings (SSSR count).